The third kappa shape index (κ3) is 3.54. The molecule has 4 heteroatoms. The lowest BCUT2D eigenvalue weighted by Gasteiger charge is -2.08. The number of rotatable bonds is 5. The van der Waals surface area contributed by atoms with Gasteiger partial charge >= 0.3 is 5.97 Å². The summed E-state index contributed by atoms with van der Waals surface area (Å²) in [7, 11) is 1.59. The molecular weight excluding hydrogens is 284 g/mol. The zero-order chi connectivity index (χ0) is 13.1. The smallest absolute Gasteiger partial charge is 0.309 e. The van der Waals surface area contributed by atoms with Gasteiger partial charge in [0.15, 0.2) is 0 Å². The van der Waals surface area contributed by atoms with E-state index in [0.29, 0.717) is 18.2 Å². The molecule has 1 aliphatic rings. The molecule has 3 nitrogen and oxygen atoms in total. The highest BCUT2D eigenvalue weighted by atomic mass is 79.9. The molecule has 1 fully saturated rings. The Kier molecular flexibility index (Phi) is 3.73. The van der Waals surface area contributed by atoms with E-state index in [2.05, 4.69) is 15.9 Å². The van der Waals surface area contributed by atoms with Gasteiger partial charge in [-0.15, -0.1) is 0 Å². The topological polar surface area (TPSA) is 35.5 Å². The van der Waals surface area contributed by atoms with Gasteiger partial charge in [-0.2, -0.15) is 0 Å². The van der Waals surface area contributed by atoms with Gasteiger partial charge in [0, 0.05) is 11.6 Å². The fraction of sp³-hybridized carbons (Fsp3) is 0.462. The van der Waals surface area contributed by atoms with Crippen LogP contribution in [0.5, 0.6) is 0 Å². The summed E-state index contributed by atoms with van der Waals surface area (Å²) in [4.78, 5) is 11.5. The van der Waals surface area contributed by atoms with Gasteiger partial charge in [-0.3, -0.25) is 4.79 Å². The minimum Gasteiger partial charge on any atom is -0.461 e. The van der Waals surface area contributed by atoms with Gasteiger partial charge in [-0.1, -0.05) is 22.0 Å². The Balaban J connectivity index is 2.07. The third-order valence-corrected chi connectivity index (χ3v) is 3.34. The molecule has 0 unspecified atom stereocenters. The van der Waals surface area contributed by atoms with Crippen molar-refractivity contribution in [2.45, 2.75) is 26.1 Å². The maximum atomic E-state index is 11.5. The van der Waals surface area contributed by atoms with Crippen LogP contribution < -0.4 is 0 Å². The summed E-state index contributed by atoms with van der Waals surface area (Å²) in [6.07, 6.45) is 1.86. The van der Waals surface area contributed by atoms with E-state index < -0.39 is 0 Å². The number of benzene rings is 1. The van der Waals surface area contributed by atoms with Gasteiger partial charge in [0.2, 0.25) is 0 Å². The maximum absolute atomic E-state index is 11.5. The number of ether oxygens (including phenoxy) is 2. The normalized spacial score (nSPS) is 15.5. The molecule has 0 saturated heterocycles. The fourth-order valence-electron chi connectivity index (χ4n) is 1.49. The van der Waals surface area contributed by atoms with Crippen molar-refractivity contribution in [1.29, 1.82) is 0 Å². The van der Waals surface area contributed by atoms with E-state index in [1.165, 1.54) is 0 Å². The van der Waals surface area contributed by atoms with Crippen molar-refractivity contribution >= 4 is 21.9 Å². The molecule has 0 heterocycles. The van der Waals surface area contributed by atoms with Crippen LogP contribution in [0.3, 0.4) is 0 Å². The lowest BCUT2D eigenvalue weighted by atomic mass is 10.1. The van der Waals surface area contributed by atoms with E-state index in [0.717, 1.165) is 22.9 Å². The first-order valence-corrected chi connectivity index (χ1v) is 6.35. The highest BCUT2D eigenvalue weighted by molar-refractivity contribution is 9.10. The first kappa shape index (κ1) is 11.2. The van der Waals surface area contributed by atoms with E-state index in [1.807, 2.05) is 6.07 Å². The van der Waals surface area contributed by atoms with E-state index in [1.54, 1.807) is 13.2 Å². The van der Waals surface area contributed by atoms with Gasteiger partial charge in [-0.25, -0.2) is 0 Å². The first-order chi connectivity index (χ1) is 8.63. The highest BCUT2D eigenvalue weighted by Crippen LogP contribution is 2.30. The Bertz CT molecular complexity index is 458. The number of halogens is 1. The fourth-order valence-corrected chi connectivity index (χ4v) is 1.83. The number of hydrogen-bond donors (Lipinski definition) is 0. The Labute approximate surface area is 111 Å². The molecule has 0 aromatic heterocycles. The summed E-state index contributed by atoms with van der Waals surface area (Å²) in [6.45, 7) is 0.530. The zero-order valence-corrected chi connectivity index (χ0v) is 11.2. The van der Waals surface area contributed by atoms with E-state index in [-0.39, 0.29) is 18.5 Å². The zero-order valence-electron chi connectivity index (χ0n) is 10.7. The monoisotopic (exact) mass is 299 g/mol. The lowest BCUT2D eigenvalue weighted by Crippen LogP contribution is -2.06. The molecule has 1 aromatic carbocycles. The summed E-state index contributed by atoms with van der Waals surface area (Å²) < 4.78 is 19.1. The SMILES string of the molecule is [2H]c1c(COC(=O)C2CC2)ccc(Br)c1COC. The van der Waals surface area contributed by atoms with Crippen LogP contribution >= 0.6 is 15.9 Å². The molecule has 92 valence electrons. The van der Waals surface area contributed by atoms with Crippen LogP contribution in [0, 0.1) is 5.92 Å². The molecule has 0 bridgehead atoms. The van der Waals surface area contributed by atoms with Crippen molar-refractivity contribution in [2.24, 2.45) is 5.92 Å². The number of carbonyl (C=O) groups excluding carboxylic acids is 1. The van der Waals surface area contributed by atoms with Gasteiger partial charge in [0.25, 0.3) is 0 Å². The second-order valence-corrected chi connectivity index (χ2v) is 4.98. The van der Waals surface area contributed by atoms with Gasteiger partial charge < -0.3 is 9.47 Å². The van der Waals surface area contributed by atoms with Gasteiger partial charge in [-0.05, 0) is 36.1 Å². The highest BCUT2D eigenvalue weighted by Gasteiger charge is 2.31. The van der Waals surface area contributed by atoms with Crippen molar-refractivity contribution in [3.63, 3.8) is 0 Å². The molecule has 0 N–H and O–H groups in total. The number of methoxy groups -OCH3 is 1. The number of hydrogen-bond acceptors (Lipinski definition) is 3. The molecule has 0 aliphatic heterocycles. The molecular formula is C13H15BrO3. The van der Waals surface area contributed by atoms with Crippen LogP contribution in [0.4, 0.5) is 0 Å². The summed E-state index contributed by atoms with van der Waals surface area (Å²) in [5.74, 6) is -0.0568. The Hall–Kier alpha value is -0.870. The quantitative estimate of drug-likeness (QED) is 0.784. The standard InChI is InChI=1S/C13H15BrO3/c1-16-8-11-6-9(2-5-12(11)14)7-17-13(15)10-3-4-10/h2,5-6,10H,3-4,7-8H2,1H3/i6D. The van der Waals surface area contributed by atoms with Crippen molar-refractivity contribution in [3.05, 3.63) is 33.8 Å². The average Bonchev–Trinajstić information content (AvgIpc) is 3.17. The predicted molar refractivity (Wildman–Crippen MR) is 67.4 cm³/mol. The Morgan fingerprint density at radius 3 is 2.94 bits per heavy atom. The third-order valence-electron chi connectivity index (χ3n) is 2.60. The Morgan fingerprint density at radius 1 is 1.53 bits per heavy atom. The summed E-state index contributed by atoms with van der Waals surface area (Å²) >= 11 is 3.39. The van der Waals surface area contributed by atoms with Crippen LogP contribution in [0.15, 0.2) is 22.6 Å². The van der Waals surface area contributed by atoms with Crippen molar-refractivity contribution < 1.29 is 15.6 Å². The molecule has 0 atom stereocenters. The molecule has 0 spiro atoms. The maximum Gasteiger partial charge on any atom is 0.309 e. The summed E-state index contributed by atoms with van der Waals surface area (Å²) in [5, 5.41) is 0. The van der Waals surface area contributed by atoms with Gasteiger partial charge in [0.1, 0.15) is 6.61 Å². The van der Waals surface area contributed by atoms with Crippen molar-refractivity contribution in [1.82, 2.24) is 0 Å². The predicted octanol–water partition coefficient (Wildman–Crippen LogP) is 3.05. The molecule has 17 heavy (non-hydrogen) atoms. The lowest BCUT2D eigenvalue weighted by molar-refractivity contribution is -0.146. The summed E-state index contributed by atoms with van der Waals surface area (Å²) in [6, 6.07) is 4.02. The Morgan fingerprint density at radius 2 is 2.29 bits per heavy atom. The summed E-state index contributed by atoms with van der Waals surface area (Å²) in [5.41, 5.74) is 1.48. The van der Waals surface area contributed by atoms with E-state index in [9.17, 15) is 4.79 Å². The minimum absolute atomic E-state index is 0.0908. The van der Waals surface area contributed by atoms with Crippen LogP contribution in [0.2, 0.25) is 0 Å². The largest absolute Gasteiger partial charge is 0.461 e. The van der Waals surface area contributed by atoms with Crippen LogP contribution in [-0.2, 0) is 27.5 Å². The van der Waals surface area contributed by atoms with E-state index in [4.69, 9.17) is 10.8 Å². The second-order valence-electron chi connectivity index (χ2n) is 4.13. The average molecular weight is 300 g/mol. The number of esters is 1. The molecule has 1 aromatic rings. The molecule has 2 rings (SSSR count). The number of carbonyl (C=O) groups is 1. The van der Waals surface area contributed by atoms with Crippen LogP contribution in [0.25, 0.3) is 0 Å². The minimum atomic E-state index is -0.148. The van der Waals surface area contributed by atoms with Crippen LogP contribution in [0.1, 0.15) is 25.3 Å². The second kappa shape index (κ2) is 5.65. The molecule has 0 radical (unpaired) electrons. The van der Waals surface area contributed by atoms with Crippen molar-refractivity contribution in [3.8, 4) is 0 Å². The van der Waals surface area contributed by atoms with E-state index >= 15 is 0 Å². The van der Waals surface area contributed by atoms with Crippen molar-refractivity contribution in [2.75, 3.05) is 7.11 Å². The first-order valence-electron chi connectivity index (χ1n) is 6.06. The molecule has 1 aliphatic carbocycles. The molecule has 1 saturated carbocycles. The van der Waals surface area contributed by atoms with Gasteiger partial charge in [0.05, 0.1) is 13.9 Å². The molecule has 0 amide bonds. The van der Waals surface area contributed by atoms with Crippen LogP contribution in [-0.4, -0.2) is 13.1 Å².